The van der Waals surface area contributed by atoms with Gasteiger partial charge in [-0.15, -0.1) is 0 Å². The summed E-state index contributed by atoms with van der Waals surface area (Å²) in [6.07, 6.45) is 0.193. The van der Waals surface area contributed by atoms with Crippen LogP contribution in [0.4, 0.5) is 0 Å². The zero-order valence-corrected chi connectivity index (χ0v) is 12.7. The van der Waals surface area contributed by atoms with E-state index in [1.54, 1.807) is 0 Å². The standard InChI is InChI=1S/C18H23NO2/c1-19(2)13-12-17(20)16-10-6-7-11-18(16)21-14-15-8-4-3-5-9-15/h3-11,17,20H,12-14H2,1-2H3. The molecule has 0 radical (unpaired) electrons. The number of benzene rings is 2. The van der Waals surface area contributed by atoms with Crippen molar-refractivity contribution in [3.63, 3.8) is 0 Å². The van der Waals surface area contributed by atoms with Crippen molar-refractivity contribution < 1.29 is 9.84 Å². The molecule has 3 heteroatoms. The summed E-state index contributed by atoms with van der Waals surface area (Å²) >= 11 is 0. The Morgan fingerprint density at radius 1 is 1.00 bits per heavy atom. The van der Waals surface area contributed by atoms with Crippen LogP contribution in [0.2, 0.25) is 0 Å². The number of ether oxygens (including phenoxy) is 1. The Labute approximate surface area is 126 Å². The van der Waals surface area contributed by atoms with Crippen LogP contribution in [0.25, 0.3) is 0 Å². The highest BCUT2D eigenvalue weighted by molar-refractivity contribution is 5.35. The molecule has 0 bridgehead atoms. The molecule has 0 aromatic heterocycles. The normalized spacial score (nSPS) is 12.4. The van der Waals surface area contributed by atoms with Crippen molar-refractivity contribution in [1.29, 1.82) is 0 Å². The highest BCUT2D eigenvalue weighted by atomic mass is 16.5. The highest BCUT2D eigenvalue weighted by Gasteiger charge is 2.13. The predicted molar refractivity (Wildman–Crippen MR) is 85.3 cm³/mol. The molecule has 2 aromatic rings. The third-order valence-corrected chi connectivity index (χ3v) is 3.36. The molecule has 2 aromatic carbocycles. The lowest BCUT2D eigenvalue weighted by molar-refractivity contribution is 0.148. The molecule has 0 fully saturated rings. The summed E-state index contributed by atoms with van der Waals surface area (Å²) in [4.78, 5) is 2.07. The van der Waals surface area contributed by atoms with Crippen molar-refractivity contribution in [2.24, 2.45) is 0 Å². The zero-order valence-electron chi connectivity index (χ0n) is 12.7. The first-order chi connectivity index (χ1) is 10.2. The number of hydrogen-bond donors (Lipinski definition) is 1. The first kappa shape index (κ1) is 15.5. The third-order valence-electron chi connectivity index (χ3n) is 3.36. The summed E-state index contributed by atoms with van der Waals surface area (Å²) in [5.41, 5.74) is 1.98. The van der Waals surface area contributed by atoms with E-state index in [9.17, 15) is 5.11 Å². The van der Waals surface area contributed by atoms with Crippen LogP contribution in [0.15, 0.2) is 54.6 Å². The second kappa shape index (κ2) is 7.81. The van der Waals surface area contributed by atoms with Gasteiger partial charge in [0.2, 0.25) is 0 Å². The van der Waals surface area contributed by atoms with Gasteiger partial charge in [-0.1, -0.05) is 48.5 Å². The number of aliphatic hydroxyl groups excluding tert-OH is 1. The minimum Gasteiger partial charge on any atom is -0.489 e. The fourth-order valence-corrected chi connectivity index (χ4v) is 2.16. The lowest BCUT2D eigenvalue weighted by Crippen LogP contribution is -2.16. The fourth-order valence-electron chi connectivity index (χ4n) is 2.16. The molecule has 1 N–H and O–H groups in total. The summed E-state index contributed by atoms with van der Waals surface area (Å²) in [6, 6.07) is 17.8. The summed E-state index contributed by atoms with van der Waals surface area (Å²) in [6.45, 7) is 1.35. The molecule has 0 aliphatic carbocycles. The Hall–Kier alpha value is -1.84. The van der Waals surface area contributed by atoms with Gasteiger partial charge in [-0.25, -0.2) is 0 Å². The second-order valence-corrected chi connectivity index (χ2v) is 5.42. The van der Waals surface area contributed by atoms with Gasteiger partial charge in [-0.2, -0.15) is 0 Å². The predicted octanol–water partition coefficient (Wildman–Crippen LogP) is 3.25. The Morgan fingerprint density at radius 2 is 1.67 bits per heavy atom. The zero-order chi connectivity index (χ0) is 15.1. The highest BCUT2D eigenvalue weighted by Crippen LogP contribution is 2.27. The lowest BCUT2D eigenvalue weighted by Gasteiger charge is -2.18. The first-order valence-corrected chi connectivity index (χ1v) is 7.25. The molecule has 3 nitrogen and oxygen atoms in total. The van der Waals surface area contributed by atoms with Crippen LogP contribution in [0, 0.1) is 0 Å². The van der Waals surface area contributed by atoms with E-state index in [2.05, 4.69) is 4.90 Å². The number of para-hydroxylation sites is 1. The maximum atomic E-state index is 10.3. The van der Waals surface area contributed by atoms with Crippen molar-refractivity contribution in [2.75, 3.05) is 20.6 Å². The van der Waals surface area contributed by atoms with E-state index in [0.29, 0.717) is 13.0 Å². The summed E-state index contributed by atoms with van der Waals surface area (Å²) in [7, 11) is 4.01. The average Bonchev–Trinajstić information content (AvgIpc) is 2.52. The molecular formula is C18H23NO2. The van der Waals surface area contributed by atoms with Crippen LogP contribution in [0.1, 0.15) is 23.7 Å². The molecule has 0 saturated carbocycles. The largest absolute Gasteiger partial charge is 0.489 e. The van der Waals surface area contributed by atoms with Gasteiger partial charge in [-0.05, 0) is 32.1 Å². The van der Waals surface area contributed by atoms with E-state index in [4.69, 9.17) is 4.74 Å². The number of aliphatic hydroxyl groups is 1. The van der Waals surface area contributed by atoms with Gasteiger partial charge in [0.25, 0.3) is 0 Å². The van der Waals surface area contributed by atoms with Crippen LogP contribution in [0.5, 0.6) is 5.75 Å². The molecule has 0 amide bonds. The van der Waals surface area contributed by atoms with Gasteiger partial charge in [0.1, 0.15) is 12.4 Å². The van der Waals surface area contributed by atoms with Gasteiger partial charge in [-0.3, -0.25) is 0 Å². The molecule has 0 aliphatic heterocycles. The van der Waals surface area contributed by atoms with Crippen LogP contribution >= 0.6 is 0 Å². The Kier molecular flexibility index (Phi) is 5.78. The molecule has 0 aliphatic rings. The molecule has 0 saturated heterocycles. The molecule has 0 spiro atoms. The van der Waals surface area contributed by atoms with Gasteiger partial charge >= 0.3 is 0 Å². The van der Waals surface area contributed by atoms with Crippen molar-refractivity contribution in [2.45, 2.75) is 19.1 Å². The molecule has 2 rings (SSSR count). The summed E-state index contributed by atoms with van der Waals surface area (Å²) in [5.74, 6) is 0.757. The van der Waals surface area contributed by atoms with Gasteiger partial charge in [0.05, 0.1) is 6.10 Å². The maximum absolute atomic E-state index is 10.3. The lowest BCUT2D eigenvalue weighted by atomic mass is 10.1. The van der Waals surface area contributed by atoms with E-state index in [1.807, 2.05) is 68.7 Å². The molecule has 21 heavy (non-hydrogen) atoms. The summed E-state index contributed by atoms with van der Waals surface area (Å²) < 4.78 is 5.88. The van der Waals surface area contributed by atoms with Crippen molar-refractivity contribution >= 4 is 0 Å². The van der Waals surface area contributed by atoms with E-state index in [-0.39, 0.29) is 0 Å². The van der Waals surface area contributed by atoms with Crippen molar-refractivity contribution in [3.8, 4) is 5.75 Å². The Morgan fingerprint density at radius 3 is 2.38 bits per heavy atom. The quantitative estimate of drug-likeness (QED) is 0.847. The minimum atomic E-state index is -0.501. The smallest absolute Gasteiger partial charge is 0.125 e. The van der Waals surface area contributed by atoms with Crippen LogP contribution < -0.4 is 4.74 Å². The number of nitrogens with zero attached hydrogens (tertiary/aromatic N) is 1. The first-order valence-electron chi connectivity index (χ1n) is 7.25. The van der Waals surface area contributed by atoms with Crippen LogP contribution in [-0.4, -0.2) is 30.6 Å². The van der Waals surface area contributed by atoms with Crippen LogP contribution in [-0.2, 0) is 6.61 Å². The molecule has 0 heterocycles. The Bertz CT molecular complexity index is 540. The molecular weight excluding hydrogens is 262 g/mol. The second-order valence-electron chi connectivity index (χ2n) is 5.42. The van der Waals surface area contributed by atoms with Gasteiger partial charge in [0, 0.05) is 12.1 Å². The van der Waals surface area contributed by atoms with E-state index in [1.165, 1.54) is 0 Å². The third kappa shape index (κ3) is 4.88. The van der Waals surface area contributed by atoms with Crippen molar-refractivity contribution in [3.05, 3.63) is 65.7 Å². The average molecular weight is 285 g/mol. The number of rotatable bonds is 7. The fraction of sp³-hybridized carbons (Fsp3) is 0.333. The van der Waals surface area contributed by atoms with E-state index >= 15 is 0 Å². The Balaban J connectivity index is 2.02. The SMILES string of the molecule is CN(C)CCC(O)c1ccccc1OCc1ccccc1. The van der Waals surface area contributed by atoms with Crippen molar-refractivity contribution in [1.82, 2.24) is 4.90 Å². The van der Waals surface area contributed by atoms with E-state index < -0.39 is 6.10 Å². The summed E-state index contributed by atoms with van der Waals surface area (Å²) in [5, 5.41) is 10.3. The van der Waals surface area contributed by atoms with Crippen LogP contribution in [0.3, 0.4) is 0 Å². The molecule has 112 valence electrons. The maximum Gasteiger partial charge on any atom is 0.125 e. The van der Waals surface area contributed by atoms with Gasteiger partial charge < -0.3 is 14.7 Å². The minimum absolute atomic E-state index is 0.501. The van der Waals surface area contributed by atoms with Gasteiger partial charge in [0.15, 0.2) is 0 Å². The molecule has 1 atom stereocenters. The topological polar surface area (TPSA) is 32.7 Å². The monoisotopic (exact) mass is 285 g/mol. The van der Waals surface area contributed by atoms with E-state index in [0.717, 1.165) is 23.4 Å². The molecule has 1 unspecified atom stereocenters. The number of hydrogen-bond acceptors (Lipinski definition) is 3.